The van der Waals surface area contributed by atoms with Gasteiger partial charge in [0.05, 0.1) is 12.1 Å². The number of allylic oxidation sites excluding steroid dienone is 2. The van der Waals surface area contributed by atoms with Crippen LogP contribution >= 0.6 is 0 Å². The Balaban J connectivity index is 1.84. The molecule has 0 spiro atoms. The molecule has 0 radical (unpaired) electrons. The molecule has 4 amide bonds. The molecule has 0 bridgehead atoms. The minimum absolute atomic E-state index is 0.172. The molecule has 0 saturated carbocycles. The number of carboxylic acids is 1. The molecule has 1 aliphatic heterocycles. The van der Waals surface area contributed by atoms with Gasteiger partial charge in [0.1, 0.15) is 5.57 Å². The van der Waals surface area contributed by atoms with Crippen molar-refractivity contribution in [3.8, 4) is 0 Å². The van der Waals surface area contributed by atoms with Crippen LogP contribution in [0, 0.1) is 0 Å². The van der Waals surface area contributed by atoms with E-state index in [9.17, 15) is 19.2 Å². The van der Waals surface area contributed by atoms with Gasteiger partial charge in [-0.25, -0.2) is 9.69 Å². The molecule has 2 aromatic carbocycles. The number of benzene rings is 2. The smallest absolute Gasteiger partial charge is 0.335 e. The predicted octanol–water partition coefficient (Wildman–Crippen LogP) is 2.54. The number of imide groups is 2. The molecule has 28 heavy (non-hydrogen) atoms. The van der Waals surface area contributed by atoms with Crippen LogP contribution in [-0.4, -0.2) is 28.9 Å². The number of nitrogens with zero attached hydrogens (tertiary/aromatic N) is 1. The van der Waals surface area contributed by atoms with Crippen molar-refractivity contribution in [2.24, 2.45) is 0 Å². The third-order valence-electron chi connectivity index (χ3n) is 4.00. The fraction of sp³-hybridized carbons (Fsp3) is 0.0476. The van der Waals surface area contributed by atoms with E-state index in [1.54, 1.807) is 12.2 Å². The SMILES string of the molecule is O=C(O)Cc1ccc(N2C(=O)NC(=O)C(=CC=Cc3ccccc3)C2=O)cc1. The summed E-state index contributed by atoms with van der Waals surface area (Å²) in [6.07, 6.45) is 4.47. The van der Waals surface area contributed by atoms with E-state index in [1.807, 2.05) is 30.3 Å². The fourth-order valence-electron chi connectivity index (χ4n) is 2.67. The van der Waals surface area contributed by atoms with Crippen molar-refractivity contribution in [1.29, 1.82) is 0 Å². The van der Waals surface area contributed by atoms with Gasteiger partial charge in [0, 0.05) is 0 Å². The molecule has 1 heterocycles. The van der Waals surface area contributed by atoms with Gasteiger partial charge in [-0.3, -0.25) is 19.7 Å². The van der Waals surface area contributed by atoms with E-state index >= 15 is 0 Å². The summed E-state index contributed by atoms with van der Waals surface area (Å²) in [5, 5.41) is 11.0. The van der Waals surface area contributed by atoms with Gasteiger partial charge in [0.2, 0.25) is 0 Å². The number of hydrogen-bond donors (Lipinski definition) is 2. The van der Waals surface area contributed by atoms with Crippen molar-refractivity contribution in [3.05, 3.63) is 83.4 Å². The molecule has 2 N–H and O–H groups in total. The van der Waals surface area contributed by atoms with Gasteiger partial charge in [0.15, 0.2) is 0 Å². The number of carboxylic acid groups (broad SMARTS) is 1. The second-order valence-corrected chi connectivity index (χ2v) is 5.99. The Hall–Kier alpha value is -4.00. The molecular formula is C21H16N2O5. The topological polar surface area (TPSA) is 104 Å². The third kappa shape index (κ3) is 4.21. The molecular weight excluding hydrogens is 360 g/mol. The highest BCUT2D eigenvalue weighted by Gasteiger charge is 2.36. The van der Waals surface area contributed by atoms with Gasteiger partial charge in [-0.15, -0.1) is 0 Å². The standard InChI is InChI=1S/C21H16N2O5/c24-18(25)13-15-9-11-16(12-10-15)23-20(27)17(19(26)22-21(23)28)8-4-7-14-5-2-1-3-6-14/h1-12H,13H2,(H,24,25)(H,22,26,28). The summed E-state index contributed by atoms with van der Waals surface area (Å²) in [5.74, 6) is -2.51. The summed E-state index contributed by atoms with van der Waals surface area (Å²) in [7, 11) is 0. The molecule has 7 heteroatoms. The van der Waals surface area contributed by atoms with E-state index in [0.717, 1.165) is 10.5 Å². The summed E-state index contributed by atoms with van der Waals surface area (Å²) >= 11 is 0. The maximum atomic E-state index is 12.7. The average molecular weight is 376 g/mol. The molecule has 140 valence electrons. The van der Waals surface area contributed by atoms with Crippen LogP contribution in [-0.2, 0) is 20.8 Å². The quantitative estimate of drug-likeness (QED) is 0.616. The van der Waals surface area contributed by atoms with E-state index < -0.39 is 23.8 Å². The Morgan fingerprint density at radius 2 is 1.68 bits per heavy atom. The van der Waals surface area contributed by atoms with Gasteiger partial charge in [-0.05, 0) is 29.3 Å². The van der Waals surface area contributed by atoms with Gasteiger partial charge in [-0.1, -0.05) is 54.6 Å². The molecule has 1 aliphatic rings. The van der Waals surface area contributed by atoms with Crippen LogP contribution in [0.3, 0.4) is 0 Å². The third-order valence-corrected chi connectivity index (χ3v) is 4.00. The minimum atomic E-state index is -0.986. The van der Waals surface area contributed by atoms with Crippen molar-refractivity contribution in [3.63, 3.8) is 0 Å². The van der Waals surface area contributed by atoms with Crippen LogP contribution in [0.4, 0.5) is 10.5 Å². The van der Waals surface area contributed by atoms with E-state index in [1.165, 1.54) is 30.3 Å². The Labute approximate surface area is 160 Å². The second-order valence-electron chi connectivity index (χ2n) is 5.99. The molecule has 2 aromatic rings. The van der Waals surface area contributed by atoms with E-state index in [2.05, 4.69) is 5.32 Å². The highest BCUT2D eigenvalue weighted by molar-refractivity contribution is 6.37. The first kappa shape index (κ1) is 18.8. The number of hydrogen-bond acceptors (Lipinski definition) is 4. The van der Waals surface area contributed by atoms with Gasteiger partial charge in [0.25, 0.3) is 11.8 Å². The number of amides is 4. The number of carbonyl (C=O) groups excluding carboxylic acids is 3. The first-order valence-corrected chi connectivity index (χ1v) is 8.39. The number of carbonyl (C=O) groups is 4. The second kappa shape index (κ2) is 8.13. The van der Waals surface area contributed by atoms with Crippen molar-refractivity contribution >= 4 is 35.6 Å². The zero-order valence-electron chi connectivity index (χ0n) is 14.7. The molecule has 0 atom stereocenters. The van der Waals surface area contributed by atoms with E-state index in [-0.39, 0.29) is 17.7 Å². The molecule has 0 aromatic heterocycles. The Morgan fingerprint density at radius 3 is 2.32 bits per heavy atom. The summed E-state index contributed by atoms with van der Waals surface area (Å²) in [4.78, 5) is 48.5. The number of aliphatic carboxylic acids is 1. The number of rotatable bonds is 5. The number of nitrogens with one attached hydrogen (secondary N) is 1. The Morgan fingerprint density at radius 1 is 1.00 bits per heavy atom. The van der Waals surface area contributed by atoms with Crippen LogP contribution < -0.4 is 10.2 Å². The average Bonchev–Trinajstić information content (AvgIpc) is 2.66. The van der Waals surface area contributed by atoms with Crippen LogP contribution in [0.5, 0.6) is 0 Å². The summed E-state index contributed by atoms with van der Waals surface area (Å²) in [6.45, 7) is 0. The lowest BCUT2D eigenvalue weighted by molar-refractivity contribution is -0.136. The van der Waals surface area contributed by atoms with Crippen LogP contribution in [0.15, 0.2) is 72.3 Å². The van der Waals surface area contributed by atoms with Crippen LogP contribution in [0.2, 0.25) is 0 Å². The minimum Gasteiger partial charge on any atom is -0.481 e. The largest absolute Gasteiger partial charge is 0.481 e. The summed E-state index contributed by atoms with van der Waals surface area (Å²) in [6, 6.07) is 14.4. The normalized spacial score (nSPS) is 15.9. The molecule has 7 nitrogen and oxygen atoms in total. The van der Waals surface area contributed by atoms with Crippen molar-refractivity contribution < 1.29 is 24.3 Å². The van der Waals surface area contributed by atoms with Gasteiger partial charge < -0.3 is 5.11 Å². The van der Waals surface area contributed by atoms with Crippen molar-refractivity contribution in [1.82, 2.24) is 5.32 Å². The lowest BCUT2D eigenvalue weighted by Crippen LogP contribution is -2.54. The maximum absolute atomic E-state index is 12.7. The molecule has 3 rings (SSSR count). The summed E-state index contributed by atoms with van der Waals surface area (Å²) in [5.41, 5.74) is 1.48. The number of barbiturate groups is 1. The summed E-state index contributed by atoms with van der Waals surface area (Å²) < 4.78 is 0. The predicted molar refractivity (Wildman–Crippen MR) is 102 cm³/mol. The zero-order chi connectivity index (χ0) is 20.1. The zero-order valence-corrected chi connectivity index (χ0v) is 14.7. The molecule has 0 unspecified atom stereocenters. The highest BCUT2D eigenvalue weighted by Crippen LogP contribution is 2.21. The van der Waals surface area contributed by atoms with Crippen molar-refractivity contribution in [2.45, 2.75) is 6.42 Å². The highest BCUT2D eigenvalue weighted by atomic mass is 16.4. The molecule has 1 fully saturated rings. The van der Waals surface area contributed by atoms with Crippen LogP contribution in [0.25, 0.3) is 6.08 Å². The van der Waals surface area contributed by atoms with Gasteiger partial charge >= 0.3 is 12.0 Å². The van der Waals surface area contributed by atoms with E-state index in [0.29, 0.717) is 5.56 Å². The maximum Gasteiger partial charge on any atom is 0.335 e. The molecule has 0 aliphatic carbocycles. The Kier molecular flexibility index (Phi) is 5.45. The first-order valence-electron chi connectivity index (χ1n) is 8.39. The number of urea groups is 1. The lowest BCUT2D eigenvalue weighted by Gasteiger charge is -2.26. The lowest BCUT2D eigenvalue weighted by atomic mass is 10.1. The van der Waals surface area contributed by atoms with Crippen LogP contribution in [0.1, 0.15) is 11.1 Å². The van der Waals surface area contributed by atoms with Crippen molar-refractivity contribution in [2.75, 3.05) is 4.90 Å². The number of anilines is 1. The van der Waals surface area contributed by atoms with Gasteiger partial charge in [-0.2, -0.15) is 0 Å². The monoisotopic (exact) mass is 376 g/mol. The Bertz CT molecular complexity index is 991. The fourth-order valence-corrected chi connectivity index (χ4v) is 2.67. The first-order chi connectivity index (χ1) is 13.5. The van der Waals surface area contributed by atoms with E-state index in [4.69, 9.17) is 5.11 Å². The molecule has 1 saturated heterocycles.